The molecule has 0 atom stereocenters. The Kier molecular flexibility index (Phi) is 7.85. The number of rotatable bonds is 9. The Morgan fingerprint density at radius 3 is 2.51 bits per heavy atom. The van der Waals surface area contributed by atoms with Crippen molar-refractivity contribution >= 4 is 11.7 Å². The fourth-order valence-electron chi connectivity index (χ4n) is 4.39. The quantitative estimate of drug-likeness (QED) is 0.291. The highest BCUT2D eigenvalue weighted by Crippen LogP contribution is 2.30. The molecule has 35 heavy (non-hydrogen) atoms. The van der Waals surface area contributed by atoms with Gasteiger partial charge in [0.2, 0.25) is 5.89 Å². The molecule has 0 radical (unpaired) electrons. The number of aromatic nitrogens is 1. The minimum Gasteiger partial charge on any atom is -0.482 e. The van der Waals surface area contributed by atoms with Gasteiger partial charge in [0.15, 0.2) is 13.2 Å². The number of nitrogens with zero attached hydrogens (tertiary/aromatic N) is 2. The molecule has 1 aromatic heterocycles. The second-order valence-corrected chi connectivity index (χ2v) is 9.14. The lowest BCUT2D eigenvalue weighted by Gasteiger charge is -2.23. The summed E-state index contributed by atoms with van der Waals surface area (Å²) in [4.78, 5) is 21.3. The van der Waals surface area contributed by atoms with E-state index in [1.54, 1.807) is 0 Å². The van der Waals surface area contributed by atoms with Crippen LogP contribution in [0.25, 0.3) is 11.5 Å². The summed E-state index contributed by atoms with van der Waals surface area (Å²) in [5, 5.41) is 13.5. The zero-order valence-electron chi connectivity index (χ0n) is 20.5. The fraction of sp³-hybridized carbons (Fsp3) is 0.393. The number of ether oxygens (including phenoxy) is 1. The standard InChI is InChI=1S/C28H32N2O5/c1-18-9-11-22(12-10-18)28-29-24(20(3)35-28)16-34-30-27(21-7-5-4-6-8-21)23-13-14-25(19(2)15-23)33-17-26(31)32/h9-15,21H,4-8,16-17H2,1-3H3,(H,31,32)/b30-27+. The first-order chi connectivity index (χ1) is 16.9. The molecule has 0 unspecified atom stereocenters. The van der Waals surface area contributed by atoms with Gasteiger partial charge in [-0.3, -0.25) is 0 Å². The van der Waals surface area contributed by atoms with E-state index in [4.69, 9.17) is 19.1 Å². The Morgan fingerprint density at radius 1 is 1.09 bits per heavy atom. The van der Waals surface area contributed by atoms with Crippen molar-refractivity contribution in [3.8, 4) is 17.2 Å². The van der Waals surface area contributed by atoms with E-state index in [1.807, 2.05) is 63.2 Å². The number of carboxylic acids is 1. The maximum atomic E-state index is 10.8. The first kappa shape index (κ1) is 24.5. The van der Waals surface area contributed by atoms with Crippen molar-refractivity contribution in [2.45, 2.75) is 59.5 Å². The summed E-state index contributed by atoms with van der Waals surface area (Å²) in [6, 6.07) is 13.8. The van der Waals surface area contributed by atoms with Crippen molar-refractivity contribution in [1.82, 2.24) is 4.98 Å². The monoisotopic (exact) mass is 476 g/mol. The van der Waals surface area contributed by atoms with E-state index in [1.165, 1.54) is 24.8 Å². The van der Waals surface area contributed by atoms with Crippen LogP contribution >= 0.6 is 0 Å². The third-order valence-electron chi connectivity index (χ3n) is 6.37. The van der Waals surface area contributed by atoms with Crippen molar-refractivity contribution in [2.75, 3.05) is 6.61 Å². The molecule has 0 bridgehead atoms. The van der Waals surface area contributed by atoms with Gasteiger partial charge in [0.1, 0.15) is 17.2 Å². The average molecular weight is 477 g/mol. The average Bonchev–Trinajstić information content (AvgIpc) is 3.22. The number of hydrogen-bond acceptors (Lipinski definition) is 6. The Bertz CT molecular complexity index is 1190. The molecule has 0 aliphatic heterocycles. The number of carboxylic acid groups (broad SMARTS) is 1. The summed E-state index contributed by atoms with van der Waals surface area (Å²) in [7, 11) is 0. The van der Waals surface area contributed by atoms with Gasteiger partial charge in [-0.25, -0.2) is 9.78 Å². The maximum absolute atomic E-state index is 10.8. The second-order valence-electron chi connectivity index (χ2n) is 9.14. The van der Waals surface area contributed by atoms with E-state index in [9.17, 15) is 4.79 Å². The Labute approximate surface area is 205 Å². The van der Waals surface area contributed by atoms with Crippen molar-refractivity contribution in [1.29, 1.82) is 0 Å². The van der Waals surface area contributed by atoms with Crippen LogP contribution in [0.1, 0.15) is 60.2 Å². The first-order valence-electron chi connectivity index (χ1n) is 12.1. The van der Waals surface area contributed by atoms with Crippen LogP contribution < -0.4 is 4.74 Å². The van der Waals surface area contributed by atoms with Crippen LogP contribution in [0.5, 0.6) is 5.75 Å². The fourth-order valence-corrected chi connectivity index (χ4v) is 4.39. The van der Waals surface area contributed by atoms with Crippen LogP contribution in [-0.2, 0) is 16.2 Å². The van der Waals surface area contributed by atoms with Crippen LogP contribution in [-0.4, -0.2) is 28.4 Å². The number of oxime groups is 1. The third-order valence-corrected chi connectivity index (χ3v) is 6.37. The molecule has 1 fully saturated rings. The van der Waals surface area contributed by atoms with E-state index in [0.29, 0.717) is 23.3 Å². The van der Waals surface area contributed by atoms with E-state index in [2.05, 4.69) is 10.1 Å². The summed E-state index contributed by atoms with van der Waals surface area (Å²) in [5.74, 6) is 1.16. The van der Waals surface area contributed by atoms with E-state index in [0.717, 1.165) is 40.9 Å². The normalized spacial score (nSPS) is 14.7. The highest BCUT2D eigenvalue weighted by Gasteiger charge is 2.22. The topological polar surface area (TPSA) is 94.2 Å². The van der Waals surface area contributed by atoms with Gasteiger partial charge in [0.05, 0.1) is 5.71 Å². The SMILES string of the molecule is Cc1ccc(-c2nc(CO/N=C(/c3ccc(OCC(=O)O)c(C)c3)C3CCCCC3)c(C)o2)cc1. The van der Waals surface area contributed by atoms with Gasteiger partial charge < -0.3 is 19.1 Å². The van der Waals surface area contributed by atoms with Crippen LogP contribution in [0, 0.1) is 26.7 Å². The molecule has 4 rings (SSSR count). The summed E-state index contributed by atoms with van der Waals surface area (Å²) in [6.07, 6.45) is 5.72. The number of aryl methyl sites for hydroxylation is 3. The van der Waals surface area contributed by atoms with Crippen molar-refractivity contribution in [2.24, 2.45) is 11.1 Å². The molecule has 1 saturated carbocycles. The number of aliphatic carboxylic acids is 1. The second kappa shape index (κ2) is 11.2. The Morgan fingerprint density at radius 2 is 1.83 bits per heavy atom. The number of oxazole rings is 1. The van der Waals surface area contributed by atoms with E-state index in [-0.39, 0.29) is 13.2 Å². The van der Waals surface area contributed by atoms with Gasteiger partial charge in [-0.05, 0) is 69.5 Å². The van der Waals surface area contributed by atoms with Crippen LogP contribution in [0.4, 0.5) is 0 Å². The minimum absolute atomic E-state index is 0.218. The number of hydrogen-bond donors (Lipinski definition) is 1. The van der Waals surface area contributed by atoms with Gasteiger partial charge >= 0.3 is 5.97 Å². The highest BCUT2D eigenvalue weighted by molar-refractivity contribution is 6.02. The molecule has 2 aromatic carbocycles. The molecule has 3 aromatic rings. The molecular formula is C28H32N2O5. The zero-order valence-corrected chi connectivity index (χ0v) is 20.5. The molecule has 1 aliphatic carbocycles. The lowest BCUT2D eigenvalue weighted by molar-refractivity contribution is -0.139. The smallest absolute Gasteiger partial charge is 0.341 e. The molecular weight excluding hydrogens is 444 g/mol. The van der Waals surface area contributed by atoms with Gasteiger partial charge in [0, 0.05) is 17.0 Å². The summed E-state index contributed by atoms with van der Waals surface area (Å²) < 4.78 is 11.3. The predicted molar refractivity (Wildman–Crippen MR) is 134 cm³/mol. The Hall–Kier alpha value is -3.61. The van der Waals surface area contributed by atoms with Crippen molar-refractivity contribution in [3.05, 3.63) is 70.6 Å². The minimum atomic E-state index is -1.000. The molecule has 184 valence electrons. The molecule has 0 amide bonds. The third kappa shape index (κ3) is 6.29. The van der Waals surface area contributed by atoms with Gasteiger partial charge in [-0.1, -0.05) is 42.1 Å². The van der Waals surface area contributed by atoms with Crippen LogP contribution in [0.15, 0.2) is 52.0 Å². The van der Waals surface area contributed by atoms with Gasteiger partial charge in [0.25, 0.3) is 0 Å². The summed E-state index contributed by atoms with van der Waals surface area (Å²) in [6.45, 7) is 5.69. The number of carbonyl (C=O) groups is 1. The lowest BCUT2D eigenvalue weighted by atomic mass is 9.83. The first-order valence-corrected chi connectivity index (χ1v) is 12.1. The molecule has 0 spiro atoms. The predicted octanol–water partition coefficient (Wildman–Crippen LogP) is 6.23. The molecule has 1 heterocycles. The molecule has 0 saturated heterocycles. The van der Waals surface area contributed by atoms with E-state index < -0.39 is 5.97 Å². The van der Waals surface area contributed by atoms with Crippen molar-refractivity contribution < 1.29 is 23.9 Å². The zero-order chi connectivity index (χ0) is 24.8. The lowest BCUT2D eigenvalue weighted by Crippen LogP contribution is -2.20. The van der Waals surface area contributed by atoms with Crippen molar-refractivity contribution in [3.63, 3.8) is 0 Å². The number of benzene rings is 2. The Balaban J connectivity index is 1.52. The summed E-state index contributed by atoms with van der Waals surface area (Å²) >= 11 is 0. The molecule has 1 aliphatic rings. The van der Waals surface area contributed by atoms with Crippen LogP contribution in [0.3, 0.4) is 0 Å². The van der Waals surface area contributed by atoms with Crippen LogP contribution in [0.2, 0.25) is 0 Å². The molecule has 1 N–H and O–H groups in total. The van der Waals surface area contributed by atoms with Gasteiger partial charge in [-0.2, -0.15) is 0 Å². The molecule has 7 heteroatoms. The highest BCUT2D eigenvalue weighted by atomic mass is 16.6. The summed E-state index contributed by atoms with van der Waals surface area (Å²) in [5.41, 5.74) is 5.58. The van der Waals surface area contributed by atoms with Gasteiger partial charge in [-0.15, -0.1) is 0 Å². The van der Waals surface area contributed by atoms with E-state index >= 15 is 0 Å². The molecule has 7 nitrogen and oxygen atoms in total. The maximum Gasteiger partial charge on any atom is 0.341 e. The largest absolute Gasteiger partial charge is 0.482 e.